The Kier molecular flexibility index (Phi) is 5.46. The van der Waals surface area contributed by atoms with E-state index in [0.29, 0.717) is 18.7 Å². The molecule has 2 N–H and O–H groups in total. The molecule has 104 valence electrons. The number of nitrogens with two attached hydrogens (primary N) is 1. The van der Waals surface area contributed by atoms with Gasteiger partial charge in [0.15, 0.2) is 0 Å². The highest BCUT2D eigenvalue weighted by molar-refractivity contribution is 5.33. The molecular formula is C15H22FN3. The number of rotatable bonds is 6. The second-order valence-corrected chi connectivity index (χ2v) is 5.63. The van der Waals surface area contributed by atoms with Crippen LogP contribution >= 0.6 is 0 Å². The zero-order valence-electron chi connectivity index (χ0n) is 11.9. The summed E-state index contributed by atoms with van der Waals surface area (Å²) in [6, 6.07) is 6.46. The fourth-order valence-corrected chi connectivity index (χ4v) is 2.01. The van der Waals surface area contributed by atoms with Crippen molar-refractivity contribution >= 4 is 0 Å². The van der Waals surface area contributed by atoms with Crippen molar-refractivity contribution < 1.29 is 4.39 Å². The molecule has 1 rings (SSSR count). The monoisotopic (exact) mass is 263 g/mol. The van der Waals surface area contributed by atoms with E-state index in [2.05, 4.69) is 25.7 Å². The van der Waals surface area contributed by atoms with Crippen molar-refractivity contribution in [1.29, 1.82) is 5.26 Å². The maximum absolute atomic E-state index is 13.4. The van der Waals surface area contributed by atoms with Crippen LogP contribution < -0.4 is 5.73 Å². The van der Waals surface area contributed by atoms with Crippen LogP contribution in [0.25, 0.3) is 0 Å². The Balaban J connectivity index is 2.82. The van der Waals surface area contributed by atoms with E-state index in [-0.39, 0.29) is 11.2 Å². The van der Waals surface area contributed by atoms with Crippen molar-refractivity contribution in [1.82, 2.24) is 4.90 Å². The first kappa shape index (κ1) is 15.6. The van der Waals surface area contributed by atoms with Gasteiger partial charge in [-0.2, -0.15) is 5.26 Å². The molecule has 0 bridgehead atoms. The molecule has 1 aromatic carbocycles. The van der Waals surface area contributed by atoms with Gasteiger partial charge in [0.2, 0.25) is 0 Å². The van der Waals surface area contributed by atoms with Crippen LogP contribution in [0, 0.1) is 22.6 Å². The lowest BCUT2D eigenvalue weighted by Crippen LogP contribution is -2.38. The van der Waals surface area contributed by atoms with E-state index in [0.717, 1.165) is 18.7 Å². The van der Waals surface area contributed by atoms with Crippen LogP contribution in [0.5, 0.6) is 0 Å². The molecule has 4 heteroatoms. The summed E-state index contributed by atoms with van der Waals surface area (Å²) < 4.78 is 13.4. The smallest absolute Gasteiger partial charge is 0.124 e. The molecule has 0 aliphatic carbocycles. The van der Waals surface area contributed by atoms with Gasteiger partial charge in [-0.1, -0.05) is 20.8 Å². The van der Waals surface area contributed by atoms with Crippen LogP contribution in [0.2, 0.25) is 0 Å². The first-order valence-electron chi connectivity index (χ1n) is 6.52. The normalized spacial score (nSPS) is 11.6. The summed E-state index contributed by atoms with van der Waals surface area (Å²) >= 11 is 0. The highest BCUT2D eigenvalue weighted by atomic mass is 19.1. The molecule has 3 nitrogen and oxygen atoms in total. The molecule has 1 aromatic rings. The van der Waals surface area contributed by atoms with Crippen molar-refractivity contribution in [2.24, 2.45) is 11.1 Å². The molecule has 0 heterocycles. The van der Waals surface area contributed by atoms with Gasteiger partial charge in [0.05, 0.1) is 11.6 Å². The third-order valence-electron chi connectivity index (χ3n) is 3.14. The van der Waals surface area contributed by atoms with E-state index in [1.165, 1.54) is 12.1 Å². The maximum atomic E-state index is 13.4. The molecular weight excluding hydrogens is 241 g/mol. The topological polar surface area (TPSA) is 53.0 Å². The van der Waals surface area contributed by atoms with Gasteiger partial charge in [0, 0.05) is 13.1 Å². The Morgan fingerprint density at radius 1 is 1.37 bits per heavy atom. The summed E-state index contributed by atoms with van der Waals surface area (Å²) in [6.45, 7) is 9.24. The lowest BCUT2D eigenvalue weighted by molar-refractivity contribution is 0.183. The average molecular weight is 263 g/mol. The fraction of sp³-hybridized carbons (Fsp3) is 0.533. The highest BCUT2D eigenvalue weighted by Crippen LogP contribution is 2.17. The van der Waals surface area contributed by atoms with E-state index in [4.69, 9.17) is 11.0 Å². The van der Waals surface area contributed by atoms with Crippen molar-refractivity contribution in [3.8, 4) is 6.07 Å². The Hall–Kier alpha value is -1.44. The molecule has 0 fully saturated rings. The third-order valence-corrected chi connectivity index (χ3v) is 3.14. The number of nitriles is 1. The largest absolute Gasteiger partial charge is 0.330 e. The number of hydrogen-bond donors (Lipinski definition) is 1. The van der Waals surface area contributed by atoms with Crippen LogP contribution in [0.1, 0.15) is 31.9 Å². The van der Waals surface area contributed by atoms with Gasteiger partial charge in [-0.15, -0.1) is 0 Å². The van der Waals surface area contributed by atoms with Crippen molar-refractivity contribution in [3.05, 3.63) is 35.1 Å². The van der Waals surface area contributed by atoms with Gasteiger partial charge < -0.3 is 5.73 Å². The molecule has 0 unspecified atom stereocenters. The highest BCUT2D eigenvalue weighted by Gasteiger charge is 2.19. The van der Waals surface area contributed by atoms with Crippen LogP contribution in [0.3, 0.4) is 0 Å². The second kappa shape index (κ2) is 6.65. The summed E-state index contributed by atoms with van der Waals surface area (Å²) in [6.07, 6.45) is 0. The SMILES string of the molecule is CCN(Cc1cc(F)cc(C#N)c1)CC(C)(C)CN. The fourth-order valence-electron chi connectivity index (χ4n) is 2.01. The van der Waals surface area contributed by atoms with Crippen LogP contribution in [-0.4, -0.2) is 24.5 Å². The Labute approximate surface area is 114 Å². The molecule has 0 aromatic heterocycles. The Bertz CT molecular complexity index is 463. The zero-order valence-corrected chi connectivity index (χ0v) is 11.9. The number of halogens is 1. The van der Waals surface area contributed by atoms with Crippen molar-refractivity contribution in [2.75, 3.05) is 19.6 Å². The van der Waals surface area contributed by atoms with Crippen LogP contribution in [0.4, 0.5) is 4.39 Å². The third kappa shape index (κ3) is 4.98. The van der Waals surface area contributed by atoms with E-state index in [9.17, 15) is 4.39 Å². The lowest BCUT2D eigenvalue weighted by atomic mass is 9.93. The molecule has 0 saturated carbocycles. The van der Waals surface area contributed by atoms with Crippen LogP contribution in [-0.2, 0) is 6.54 Å². The standard InChI is InChI=1S/C15H22FN3/c1-4-19(11-15(2,3)10-18)9-13-5-12(8-17)6-14(16)7-13/h5-7H,4,9-11,18H2,1-3H3. The predicted molar refractivity (Wildman–Crippen MR) is 74.9 cm³/mol. The van der Waals surface area contributed by atoms with Gasteiger partial charge in [-0.25, -0.2) is 4.39 Å². The quantitative estimate of drug-likeness (QED) is 0.858. The van der Waals surface area contributed by atoms with E-state index < -0.39 is 0 Å². The minimum atomic E-state index is -0.358. The number of nitrogens with zero attached hydrogens (tertiary/aromatic N) is 2. The minimum absolute atomic E-state index is 0.0292. The summed E-state index contributed by atoms with van der Waals surface area (Å²) in [5, 5.41) is 8.86. The molecule has 0 aliphatic heterocycles. The molecule has 0 spiro atoms. The summed E-state index contributed by atoms with van der Waals surface area (Å²) in [4.78, 5) is 2.21. The lowest BCUT2D eigenvalue weighted by Gasteiger charge is -2.31. The number of benzene rings is 1. The summed E-state index contributed by atoms with van der Waals surface area (Å²) in [5.41, 5.74) is 6.96. The zero-order chi connectivity index (χ0) is 14.5. The minimum Gasteiger partial charge on any atom is -0.330 e. The number of hydrogen-bond acceptors (Lipinski definition) is 3. The molecule has 19 heavy (non-hydrogen) atoms. The van der Waals surface area contributed by atoms with E-state index in [1.54, 1.807) is 6.07 Å². The predicted octanol–water partition coefficient (Wildman–Crippen LogP) is 2.50. The van der Waals surface area contributed by atoms with Crippen molar-refractivity contribution in [3.63, 3.8) is 0 Å². The first-order chi connectivity index (χ1) is 8.90. The molecule has 0 aliphatic rings. The Morgan fingerprint density at radius 3 is 2.58 bits per heavy atom. The first-order valence-corrected chi connectivity index (χ1v) is 6.52. The second-order valence-electron chi connectivity index (χ2n) is 5.63. The van der Waals surface area contributed by atoms with Gasteiger partial charge in [-0.3, -0.25) is 4.90 Å². The Morgan fingerprint density at radius 2 is 2.05 bits per heavy atom. The van der Waals surface area contributed by atoms with Crippen LogP contribution in [0.15, 0.2) is 18.2 Å². The van der Waals surface area contributed by atoms with E-state index >= 15 is 0 Å². The maximum Gasteiger partial charge on any atom is 0.124 e. The van der Waals surface area contributed by atoms with Gasteiger partial charge >= 0.3 is 0 Å². The van der Waals surface area contributed by atoms with Gasteiger partial charge in [0.25, 0.3) is 0 Å². The molecule has 0 atom stereocenters. The van der Waals surface area contributed by atoms with E-state index in [1.807, 2.05) is 6.07 Å². The molecule has 0 radical (unpaired) electrons. The molecule has 0 saturated heterocycles. The van der Waals surface area contributed by atoms with Gasteiger partial charge in [-0.05, 0) is 42.3 Å². The van der Waals surface area contributed by atoms with Crippen molar-refractivity contribution in [2.45, 2.75) is 27.3 Å². The summed E-state index contributed by atoms with van der Waals surface area (Å²) in [7, 11) is 0. The average Bonchev–Trinajstić information content (AvgIpc) is 2.37. The summed E-state index contributed by atoms with van der Waals surface area (Å²) in [5.74, 6) is -0.358. The van der Waals surface area contributed by atoms with Gasteiger partial charge in [0.1, 0.15) is 5.82 Å². The molecule has 0 amide bonds.